The van der Waals surface area contributed by atoms with Crippen molar-refractivity contribution in [2.24, 2.45) is 0 Å². The quantitative estimate of drug-likeness (QED) is 0.803. The number of nitrogens with one attached hydrogen (secondary N) is 2. The highest BCUT2D eigenvalue weighted by Crippen LogP contribution is 2.28. The highest BCUT2D eigenvalue weighted by molar-refractivity contribution is 7.22. The number of nitrogens with zero attached hydrogens (tertiary/aromatic N) is 1. The van der Waals surface area contributed by atoms with E-state index in [-0.39, 0.29) is 6.42 Å². The fraction of sp³-hybridized carbons (Fsp3) is 0.308. The fourth-order valence-corrected chi connectivity index (χ4v) is 2.76. The minimum absolute atomic E-state index is 0.269. The molecule has 0 aliphatic rings. The zero-order chi connectivity index (χ0) is 15.6. The van der Waals surface area contributed by atoms with Gasteiger partial charge in [-0.25, -0.2) is 14.6 Å². The molecule has 0 fully saturated rings. The Morgan fingerprint density at radius 3 is 2.81 bits per heavy atom. The Bertz CT molecular complexity index is 703. The zero-order valence-corrected chi connectivity index (χ0v) is 13.0. The highest BCUT2D eigenvalue weighted by atomic mass is 35.5. The Hall–Kier alpha value is -1.86. The lowest BCUT2D eigenvalue weighted by Crippen LogP contribution is -2.53. The van der Waals surface area contributed by atoms with Crippen LogP contribution in [0.15, 0.2) is 18.2 Å². The number of urea groups is 1. The molecule has 0 radical (unpaired) electrons. The van der Waals surface area contributed by atoms with Crippen molar-refractivity contribution in [3.8, 4) is 0 Å². The first-order chi connectivity index (χ1) is 9.84. The summed E-state index contributed by atoms with van der Waals surface area (Å²) in [6.07, 6.45) is 0.269. The number of rotatable bonds is 4. The Morgan fingerprint density at radius 2 is 2.19 bits per heavy atom. The maximum absolute atomic E-state index is 11.9. The van der Waals surface area contributed by atoms with Gasteiger partial charge in [0.2, 0.25) is 0 Å². The van der Waals surface area contributed by atoms with Crippen LogP contribution in [0.2, 0.25) is 5.02 Å². The van der Waals surface area contributed by atoms with Gasteiger partial charge in [0.25, 0.3) is 0 Å². The van der Waals surface area contributed by atoms with Crippen LogP contribution in [0, 0.1) is 0 Å². The number of carboxylic acids is 1. The number of fused-ring (bicyclic) bond motifs is 1. The van der Waals surface area contributed by atoms with Crippen molar-refractivity contribution in [1.82, 2.24) is 10.3 Å². The number of amides is 2. The van der Waals surface area contributed by atoms with E-state index < -0.39 is 17.5 Å². The van der Waals surface area contributed by atoms with Crippen molar-refractivity contribution in [1.29, 1.82) is 0 Å². The van der Waals surface area contributed by atoms with Crippen molar-refractivity contribution < 1.29 is 14.7 Å². The van der Waals surface area contributed by atoms with Crippen LogP contribution in [0.5, 0.6) is 0 Å². The first-order valence-corrected chi connectivity index (χ1v) is 7.42. The number of carbonyl (C=O) groups is 2. The average Bonchev–Trinajstić information content (AvgIpc) is 2.79. The Balaban J connectivity index is 2.12. The second-order valence-corrected chi connectivity index (χ2v) is 6.17. The van der Waals surface area contributed by atoms with Crippen LogP contribution < -0.4 is 10.6 Å². The third kappa shape index (κ3) is 3.43. The lowest BCUT2D eigenvalue weighted by atomic mass is 10.00. The van der Waals surface area contributed by atoms with Crippen LogP contribution in [0.25, 0.3) is 10.2 Å². The molecule has 0 spiro atoms. The first-order valence-electron chi connectivity index (χ1n) is 6.22. The van der Waals surface area contributed by atoms with Crippen molar-refractivity contribution in [2.75, 3.05) is 5.32 Å². The van der Waals surface area contributed by atoms with Gasteiger partial charge in [-0.3, -0.25) is 5.32 Å². The van der Waals surface area contributed by atoms with Gasteiger partial charge in [-0.1, -0.05) is 29.9 Å². The molecule has 2 aromatic rings. The molecule has 0 saturated heterocycles. The summed E-state index contributed by atoms with van der Waals surface area (Å²) in [5.41, 5.74) is -0.597. The van der Waals surface area contributed by atoms with Crippen LogP contribution in [0.1, 0.15) is 20.3 Å². The molecule has 1 heterocycles. The first kappa shape index (κ1) is 15.5. The number of thiazole rings is 1. The van der Waals surface area contributed by atoms with Gasteiger partial charge in [0.05, 0.1) is 10.2 Å². The number of carbonyl (C=O) groups excluding carboxylic acids is 1. The SMILES string of the molecule is CCC(C)(NC(=O)Nc1nc2ccc(Cl)cc2s1)C(=O)O. The standard InChI is InChI=1S/C13H14ClN3O3S/c1-3-13(2,10(18)19)17-11(20)16-12-15-8-5-4-7(14)6-9(8)21-12/h4-6H,3H2,1-2H3,(H,18,19)(H2,15,16,17,20). The van der Waals surface area contributed by atoms with Gasteiger partial charge in [-0.15, -0.1) is 0 Å². The summed E-state index contributed by atoms with van der Waals surface area (Å²) in [5, 5.41) is 15.1. The average molecular weight is 328 g/mol. The van der Waals surface area contributed by atoms with Gasteiger partial charge < -0.3 is 10.4 Å². The van der Waals surface area contributed by atoms with Gasteiger partial charge >= 0.3 is 12.0 Å². The minimum Gasteiger partial charge on any atom is -0.480 e. The molecule has 0 saturated carbocycles. The Morgan fingerprint density at radius 1 is 1.48 bits per heavy atom. The molecule has 112 valence electrons. The molecule has 3 N–H and O–H groups in total. The lowest BCUT2D eigenvalue weighted by Gasteiger charge is -2.24. The predicted octanol–water partition coefficient (Wildman–Crippen LogP) is 3.32. The second-order valence-electron chi connectivity index (χ2n) is 4.70. The topological polar surface area (TPSA) is 91.3 Å². The van der Waals surface area contributed by atoms with Gasteiger partial charge in [0.15, 0.2) is 5.13 Å². The predicted molar refractivity (Wildman–Crippen MR) is 83.1 cm³/mol. The number of anilines is 1. The van der Waals surface area contributed by atoms with E-state index in [9.17, 15) is 9.59 Å². The molecule has 1 aromatic heterocycles. The molecule has 6 nitrogen and oxygen atoms in total. The summed E-state index contributed by atoms with van der Waals surface area (Å²) in [7, 11) is 0. The van der Waals surface area contributed by atoms with Crippen LogP contribution in [-0.2, 0) is 4.79 Å². The molecule has 2 amide bonds. The van der Waals surface area contributed by atoms with Gasteiger partial charge in [0.1, 0.15) is 5.54 Å². The van der Waals surface area contributed by atoms with E-state index in [1.807, 2.05) is 0 Å². The molecule has 1 unspecified atom stereocenters. The molecule has 0 aliphatic heterocycles. The lowest BCUT2D eigenvalue weighted by molar-refractivity contribution is -0.143. The molecule has 1 aromatic carbocycles. The molecule has 21 heavy (non-hydrogen) atoms. The third-order valence-corrected chi connectivity index (χ3v) is 4.31. The van der Waals surface area contributed by atoms with Crippen LogP contribution >= 0.6 is 22.9 Å². The van der Waals surface area contributed by atoms with Crippen LogP contribution in [0.4, 0.5) is 9.93 Å². The van der Waals surface area contributed by atoms with Crippen LogP contribution in [-0.4, -0.2) is 27.6 Å². The summed E-state index contributed by atoms with van der Waals surface area (Å²) in [6, 6.07) is 4.62. The van der Waals surface area contributed by atoms with E-state index in [4.69, 9.17) is 16.7 Å². The number of hydrogen-bond donors (Lipinski definition) is 3. The summed E-state index contributed by atoms with van der Waals surface area (Å²) >= 11 is 7.16. The number of halogens is 1. The third-order valence-electron chi connectivity index (χ3n) is 3.14. The summed E-state index contributed by atoms with van der Waals surface area (Å²) in [4.78, 5) is 27.3. The Kier molecular flexibility index (Phi) is 4.34. The molecular formula is C13H14ClN3O3S. The van der Waals surface area contributed by atoms with E-state index in [1.165, 1.54) is 18.3 Å². The summed E-state index contributed by atoms with van der Waals surface area (Å²) in [5.74, 6) is -1.09. The molecule has 0 aliphatic carbocycles. The number of aliphatic carboxylic acids is 1. The van der Waals surface area contributed by atoms with Crippen molar-refractivity contribution >= 4 is 50.3 Å². The highest BCUT2D eigenvalue weighted by Gasteiger charge is 2.32. The van der Waals surface area contributed by atoms with E-state index in [0.717, 1.165) is 10.2 Å². The van der Waals surface area contributed by atoms with Crippen molar-refractivity contribution in [3.63, 3.8) is 0 Å². The van der Waals surface area contributed by atoms with Gasteiger partial charge in [-0.2, -0.15) is 0 Å². The van der Waals surface area contributed by atoms with Crippen molar-refractivity contribution in [2.45, 2.75) is 25.8 Å². The molecule has 2 rings (SSSR count). The number of carboxylic acid groups (broad SMARTS) is 1. The monoisotopic (exact) mass is 327 g/mol. The largest absolute Gasteiger partial charge is 0.480 e. The maximum Gasteiger partial charge on any atom is 0.329 e. The fourth-order valence-electron chi connectivity index (χ4n) is 1.62. The van der Waals surface area contributed by atoms with Crippen LogP contribution in [0.3, 0.4) is 0 Å². The summed E-state index contributed by atoms with van der Waals surface area (Å²) < 4.78 is 0.842. The number of aromatic nitrogens is 1. The van der Waals surface area contributed by atoms with E-state index in [1.54, 1.807) is 25.1 Å². The van der Waals surface area contributed by atoms with Gasteiger partial charge in [0, 0.05) is 5.02 Å². The number of hydrogen-bond acceptors (Lipinski definition) is 4. The minimum atomic E-state index is -1.32. The second kappa shape index (κ2) is 5.87. The smallest absolute Gasteiger partial charge is 0.329 e. The normalized spacial score (nSPS) is 13.7. The van der Waals surface area contributed by atoms with E-state index >= 15 is 0 Å². The maximum atomic E-state index is 11.9. The zero-order valence-electron chi connectivity index (χ0n) is 11.4. The molecular weight excluding hydrogens is 314 g/mol. The molecule has 0 bridgehead atoms. The van der Waals surface area contributed by atoms with E-state index in [0.29, 0.717) is 10.2 Å². The van der Waals surface area contributed by atoms with Crippen molar-refractivity contribution in [3.05, 3.63) is 23.2 Å². The van der Waals surface area contributed by atoms with Gasteiger partial charge in [-0.05, 0) is 31.5 Å². The van der Waals surface area contributed by atoms with E-state index in [2.05, 4.69) is 15.6 Å². The molecule has 8 heteroatoms. The molecule has 1 atom stereocenters. The summed E-state index contributed by atoms with van der Waals surface area (Å²) in [6.45, 7) is 3.14. The number of benzene rings is 1. The Labute approximate surface area is 130 Å².